The third kappa shape index (κ3) is 4.77. The predicted octanol–water partition coefficient (Wildman–Crippen LogP) is 4.06. The van der Waals surface area contributed by atoms with Crippen LogP contribution in [0.5, 0.6) is 0 Å². The molecule has 4 aromatic rings. The van der Waals surface area contributed by atoms with Gasteiger partial charge in [-0.05, 0) is 36.6 Å². The Morgan fingerprint density at radius 3 is 2.61 bits per heavy atom. The number of piperazine rings is 1. The lowest BCUT2D eigenvalue weighted by molar-refractivity contribution is -0.134. The Hall–Kier alpha value is -3.76. The molecule has 2 fully saturated rings. The average molecular weight is 519 g/mol. The Kier molecular flexibility index (Phi) is 6.59. The lowest BCUT2D eigenvalue weighted by Gasteiger charge is -2.32. The molecule has 6 rings (SSSR count). The quantitative estimate of drug-likeness (QED) is 0.397. The molecule has 196 valence electrons. The van der Waals surface area contributed by atoms with E-state index in [1.807, 2.05) is 16.9 Å². The highest BCUT2D eigenvalue weighted by Gasteiger charge is 2.24. The van der Waals surface area contributed by atoms with Crippen LogP contribution in [0, 0.1) is 11.6 Å². The van der Waals surface area contributed by atoms with Gasteiger partial charge in [-0.2, -0.15) is 5.10 Å². The fourth-order valence-corrected chi connectivity index (χ4v) is 5.10. The van der Waals surface area contributed by atoms with Crippen LogP contribution in [0.2, 0.25) is 0 Å². The van der Waals surface area contributed by atoms with Gasteiger partial charge in [0, 0.05) is 62.8 Å². The van der Waals surface area contributed by atoms with Crippen LogP contribution in [0.25, 0.3) is 33.4 Å². The molecule has 1 amide bonds. The molecule has 2 aromatic carbocycles. The minimum atomic E-state index is -0.648. The van der Waals surface area contributed by atoms with E-state index >= 15 is 8.78 Å². The maximum absolute atomic E-state index is 15.2. The topological polar surface area (TPSA) is 76.4 Å². The number of amides is 1. The third-order valence-electron chi connectivity index (χ3n) is 7.41. The van der Waals surface area contributed by atoms with Crippen LogP contribution in [0.15, 0.2) is 48.9 Å². The number of carbonyl (C=O) groups is 1. The zero-order valence-electron chi connectivity index (χ0n) is 21.1. The highest BCUT2D eigenvalue weighted by atomic mass is 19.1. The minimum absolute atomic E-state index is 0.0358. The van der Waals surface area contributed by atoms with Crippen molar-refractivity contribution in [2.24, 2.45) is 0 Å². The van der Waals surface area contributed by atoms with Gasteiger partial charge in [0.25, 0.3) is 0 Å². The van der Waals surface area contributed by atoms with E-state index in [1.54, 1.807) is 41.4 Å². The van der Waals surface area contributed by atoms with E-state index in [4.69, 9.17) is 9.72 Å². The van der Waals surface area contributed by atoms with Gasteiger partial charge in [0.05, 0.1) is 41.7 Å². The Labute approximate surface area is 218 Å². The van der Waals surface area contributed by atoms with Crippen molar-refractivity contribution in [3.05, 3.63) is 66.1 Å². The van der Waals surface area contributed by atoms with Gasteiger partial charge in [0.15, 0.2) is 0 Å². The van der Waals surface area contributed by atoms with Crippen LogP contribution in [0.1, 0.15) is 24.4 Å². The Morgan fingerprint density at radius 1 is 1.05 bits per heavy atom. The van der Waals surface area contributed by atoms with Gasteiger partial charge in [0.1, 0.15) is 11.6 Å². The van der Waals surface area contributed by atoms with Gasteiger partial charge in [-0.15, -0.1) is 0 Å². The fourth-order valence-electron chi connectivity index (χ4n) is 5.10. The molecule has 8 nitrogen and oxygen atoms in total. The first-order chi connectivity index (χ1) is 18.5. The molecule has 0 atom stereocenters. The summed E-state index contributed by atoms with van der Waals surface area (Å²) >= 11 is 0. The largest absolute Gasteiger partial charge is 0.381 e. The summed E-state index contributed by atoms with van der Waals surface area (Å²) in [5.41, 5.74) is 3.58. The van der Waals surface area contributed by atoms with E-state index in [1.165, 1.54) is 12.1 Å². The number of halogens is 2. The van der Waals surface area contributed by atoms with Gasteiger partial charge in [-0.25, -0.2) is 13.8 Å². The van der Waals surface area contributed by atoms with Crippen LogP contribution in [0.3, 0.4) is 0 Å². The molecule has 2 aliphatic heterocycles. The van der Waals surface area contributed by atoms with Crippen LogP contribution in [0.4, 0.5) is 8.78 Å². The van der Waals surface area contributed by atoms with E-state index in [2.05, 4.69) is 10.1 Å². The van der Waals surface area contributed by atoms with Crippen LogP contribution in [-0.2, 0) is 16.1 Å². The summed E-state index contributed by atoms with van der Waals surface area (Å²) in [7, 11) is 1.73. The average Bonchev–Trinajstić information content (AvgIpc) is 3.43. The normalized spacial score (nSPS) is 17.4. The SMILES string of the molecule is CN1CCN(Cc2c(F)cc(-c3cccc4ncc(-c5cnn(C6CCOCC6)c5)nc34)cc2F)CC1=O. The van der Waals surface area contributed by atoms with Crippen molar-refractivity contribution >= 4 is 16.9 Å². The lowest BCUT2D eigenvalue weighted by atomic mass is 10.0. The highest BCUT2D eigenvalue weighted by molar-refractivity contribution is 5.92. The molecular weight excluding hydrogens is 490 g/mol. The molecule has 0 N–H and O–H groups in total. The summed E-state index contributed by atoms with van der Waals surface area (Å²) in [6.45, 7) is 2.72. The number of nitrogens with zero attached hydrogens (tertiary/aromatic N) is 6. The summed E-state index contributed by atoms with van der Waals surface area (Å²) in [6, 6.07) is 8.38. The summed E-state index contributed by atoms with van der Waals surface area (Å²) in [5, 5.41) is 4.53. The van der Waals surface area contributed by atoms with Crippen molar-refractivity contribution in [3.8, 4) is 22.4 Å². The monoisotopic (exact) mass is 518 g/mol. The molecule has 0 saturated carbocycles. The number of aromatic nitrogens is 4. The zero-order valence-corrected chi connectivity index (χ0v) is 21.1. The first kappa shape index (κ1) is 24.6. The van der Waals surface area contributed by atoms with Gasteiger partial charge >= 0.3 is 0 Å². The second-order valence-electron chi connectivity index (χ2n) is 9.93. The molecule has 4 heterocycles. The van der Waals surface area contributed by atoms with Crippen LogP contribution >= 0.6 is 0 Å². The first-order valence-corrected chi connectivity index (χ1v) is 12.8. The number of para-hydroxylation sites is 1. The van der Waals surface area contributed by atoms with Gasteiger partial charge in [0.2, 0.25) is 5.91 Å². The maximum atomic E-state index is 15.2. The highest BCUT2D eigenvalue weighted by Crippen LogP contribution is 2.32. The number of benzene rings is 2. The first-order valence-electron chi connectivity index (χ1n) is 12.8. The molecule has 38 heavy (non-hydrogen) atoms. The van der Waals surface area contributed by atoms with Gasteiger partial charge in [-0.1, -0.05) is 12.1 Å². The summed E-state index contributed by atoms with van der Waals surface area (Å²) in [5.74, 6) is -1.35. The maximum Gasteiger partial charge on any atom is 0.236 e. The number of fused-ring (bicyclic) bond motifs is 1. The van der Waals surface area contributed by atoms with Gasteiger partial charge in [-0.3, -0.25) is 19.4 Å². The lowest BCUT2D eigenvalue weighted by Crippen LogP contribution is -2.48. The van der Waals surface area contributed by atoms with Crippen molar-refractivity contribution in [1.29, 1.82) is 0 Å². The molecular formula is C28H28F2N6O2. The van der Waals surface area contributed by atoms with E-state index in [-0.39, 0.29) is 30.6 Å². The molecule has 0 aliphatic carbocycles. The Bertz CT molecular complexity index is 1480. The molecule has 0 bridgehead atoms. The van der Waals surface area contributed by atoms with E-state index in [0.717, 1.165) is 31.6 Å². The van der Waals surface area contributed by atoms with E-state index in [9.17, 15) is 4.79 Å². The van der Waals surface area contributed by atoms with Crippen molar-refractivity contribution in [2.45, 2.75) is 25.4 Å². The van der Waals surface area contributed by atoms with E-state index < -0.39 is 11.6 Å². The summed E-state index contributed by atoms with van der Waals surface area (Å²) in [4.78, 5) is 24.8. The Morgan fingerprint density at radius 2 is 1.84 bits per heavy atom. The van der Waals surface area contributed by atoms with Crippen LogP contribution in [-0.4, -0.2) is 75.4 Å². The second-order valence-corrected chi connectivity index (χ2v) is 9.93. The van der Waals surface area contributed by atoms with Crippen molar-refractivity contribution in [3.63, 3.8) is 0 Å². The Balaban J connectivity index is 1.31. The summed E-state index contributed by atoms with van der Waals surface area (Å²) < 4.78 is 37.9. The second kappa shape index (κ2) is 10.2. The molecule has 0 radical (unpaired) electrons. The number of hydrogen-bond acceptors (Lipinski definition) is 6. The number of carbonyl (C=O) groups excluding carboxylic acids is 1. The number of rotatable bonds is 5. The minimum Gasteiger partial charge on any atom is -0.381 e. The predicted molar refractivity (Wildman–Crippen MR) is 138 cm³/mol. The molecule has 0 spiro atoms. The number of ether oxygens (including phenoxy) is 1. The molecule has 10 heteroatoms. The van der Waals surface area contributed by atoms with Gasteiger partial charge < -0.3 is 9.64 Å². The van der Waals surface area contributed by atoms with Crippen molar-refractivity contribution < 1.29 is 18.3 Å². The third-order valence-corrected chi connectivity index (χ3v) is 7.41. The fraction of sp³-hybridized carbons (Fsp3) is 0.357. The standard InChI is InChI=1S/C28H28F2N6O2/c1-34-7-8-35(17-27(34)37)16-22-23(29)11-18(12-24(22)30)21-3-2-4-25-28(21)33-26(14-31-25)19-13-32-36(15-19)20-5-9-38-10-6-20/h2-4,11-15,20H,5-10,16-17H2,1H3. The number of hydrogen-bond donors (Lipinski definition) is 0. The van der Waals surface area contributed by atoms with Crippen molar-refractivity contribution in [2.75, 3.05) is 39.9 Å². The van der Waals surface area contributed by atoms with Crippen molar-refractivity contribution in [1.82, 2.24) is 29.5 Å². The van der Waals surface area contributed by atoms with Crippen LogP contribution < -0.4 is 0 Å². The molecule has 2 saturated heterocycles. The molecule has 2 aliphatic rings. The molecule has 2 aromatic heterocycles. The smallest absolute Gasteiger partial charge is 0.236 e. The zero-order chi connectivity index (χ0) is 26.2. The molecule has 0 unspecified atom stereocenters. The van der Waals surface area contributed by atoms with E-state index in [0.29, 0.717) is 40.9 Å². The number of likely N-dealkylation sites (N-methyl/N-ethyl adjacent to an activating group) is 1. The summed E-state index contributed by atoms with van der Waals surface area (Å²) in [6.07, 6.45) is 7.25.